The fraction of sp³-hybridized carbons (Fsp3) is 0.227. The highest BCUT2D eigenvalue weighted by Gasteiger charge is 2.17. The molecule has 9 heteroatoms. The number of anilines is 2. The van der Waals surface area contributed by atoms with Gasteiger partial charge in [-0.25, -0.2) is 18.4 Å². The fourth-order valence-electron chi connectivity index (χ4n) is 3.62. The van der Waals surface area contributed by atoms with Crippen LogP contribution in [0.4, 0.5) is 16.2 Å². The molecule has 4 N–H and O–H groups in total. The quantitative estimate of drug-likeness (QED) is 0.542. The van der Waals surface area contributed by atoms with Gasteiger partial charge in [-0.3, -0.25) is 0 Å². The molecule has 0 saturated heterocycles. The van der Waals surface area contributed by atoms with E-state index in [2.05, 4.69) is 27.0 Å². The lowest BCUT2D eigenvalue weighted by atomic mass is 10.1. The molecule has 0 spiro atoms. The third-order valence-corrected chi connectivity index (χ3v) is 7.31. The first-order valence-corrected chi connectivity index (χ1v) is 12.3. The fourth-order valence-corrected chi connectivity index (χ4v) is 5.02. The molecule has 1 aliphatic rings. The van der Waals surface area contributed by atoms with E-state index in [0.29, 0.717) is 5.69 Å². The normalized spacial score (nSPS) is 14.6. The summed E-state index contributed by atoms with van der Waals surface area (Å²) in [7, 11) is -3.74. The molecule has 0 saturated carbocycles. The molecule has 0 radical (unpaired) electrons. The minimum absolute atomic E-state index is 0.0388. The van der Waals surface area contributed by atoms with Gasteiger partial charge in [0.05, 0.1) is 10.9 Å². The Bertz CT molecular complexity index is 1170. The maximum absolute atomic E-state index is 12.4. The second kappa shape index (κ2) is 8.70. The van der Waals surface area contributed by atoms with Crippen molar-refractivity contribution in [2.75, 3.05) is 16.8 Å². The number of benzene rings is 2. The lowest BCUT2D eigenvalue weighted by Gasteiger charge is -2.29. The molecule has 1 aromatic heterocycles. The summed E-state index contributed by atoms with van der Waals surface area (Å²) in [6.45, 7) is 3.72. The van der Waals surface area contributed by atoms with Gasteiger partial charge in [-0.05, 0) is 72.3 Å². The standard InChI is InChI=1S/C22H24N4O3S2/c1-15(16-2-8-20(9-3-16)31(23,28)29)24-22(27)25-18-4-6-19(7-5-18)26-12-10-21-17(14-26)11-13-30-21/h2-9,11,13,15H,10,12,14H2,1H3,(H2,23,28,29)(H2,24,25,27). The van der Waals surface area contributed by atoms with Crippen molar-refractivity contribution in [3.8, 4) is 0 Å². The molecule has 1 atom stereocenters. The minimum atomic E-state index is -3.74. The van der Waals surface area contributed by atoms with Crippen LogP contribution in [0, 0.1) is 0 Å². The first-order chi connectivity index (χ1) is 14.8. The van der Waals surface area contributed by atoms with Crippen LogP contribution < -0.4 is 20.7 Å². The molecule has 4 rings (SSSR count). The van der Waals surface area contributed by atoms with Gasteiger partial charge in [0, 0.05) is 29.3 Å². The molecule has 0 bridgehead atoms. The smallest absolute Gasteiger partial charge is 0.319 e. The van der Waals surface area contributed by atoms with Crippen molar-refractivity contribution in [3.63, 3.8) is 0 Å². The van der Waals surface area contributed by atoms with Gasteiger partial charge in [-0.2, -0.15) is 0 Å². The highest BCUT2D eigenvalue weighted by Crippen LogP contribution is 2.28. The average Bonchev–Trinajstić information content (AvgIpc) is 3.21. The third kappa shape index (κ3) is 5.07. The molecule has 1 aliphatic heterocycles. The van der Waals surface area contributed by atoms with Crippen molar-refractivity contribution in [1.29, 1.82) is 0 Å². The van der Waals surface area contributed by atoms with Crippen molar-refractivity contribution in [2.24, 2.45) is 5.14 Å². The van der Waals surface area contributed by atoms with Crippen LogP contribution in [0.2, 0.25) is 0 Å². The summed E-state index contributed by atoms with van der Waals surface area (Å²) in [4.78, 5) is 16.2. The van der Waals surface area contributed by atoms with E-state index in [1.54, 1.807) is 12.1 Å². The van der Waals surface area contributed by atoms with Gasteiger partial charge in [0.1, 0.15) is 0 Å². The number of nitrogens with zero attached hydrogens (tertiary/aromatic N) is 1. The maximum atomic E-state index is 12.4. The molecule has 31 heavy (non-hydrogen) atoms. The first-order valence-electron chi connectivity index (χ1n) is 9.90. The molecule has 0 aliphatic carbocycles. The monoisotopic (exact) mass is 456 g/mol. The number of fused-ring (bicyclic) bond motifs is 1. The molecular weight excluding hydrogens is 432 g/mol. The predicted molar refractivity (Wildman–Crippen MR) is 124 cm³/mol. The van der Waals surface area contributed by atoms with Gasteiger partial charge in [0.25, 0.3) is 0 Å². The molecule has 2 aromatic carbocycles. The number of thiophene rings is 1. The average molecular weight is 457 g/mol. The van der Waals surface area contributed by atoms with E-state index >= 15 is 0 Å². The number of nitrogens with two attached hydrogens (primary N) is 1. The van der Waals surface area contributed by atoms with E-state index in [9.17, 15) is 13.2 Å². The van der Waals surface area contributed by atoms with E-state index in [-0.39, 0.29) is 17.0 Å². The van der Waals surface area contributed by atoms with Gasteiger partial charge in [0.2, 0.25) is 10.0 Å². The number of hydrogen-bond donors (Lipinski definition) is 3. The van der Waals surface area contributed by atoms with Crippen LogP contribution >= 0.6 is 11.3 Å². The lowest BCUT2D eigenvalue weighted by Crippen LogP contribution is -2.31. The molecule has 2 amide bonds. The Hall–Kier alpha value is -2.88. The first kappa shape index (κ1) is 21.4. The summed E-state index contributed by atoms with van der Waals surface area (Å²) in [6, 6.07) is 15.5. The van der Waals surface area contributed by atoms with Gasteiger partial charge >= 0.3 is 6.03 Å². The van der Waals surface area contributed by atoms with Crippen LogP contribution in [0.3, 0.4) is 0 Å². The Morgan fingerprint density at radius 3 is 2.48 bits per heavy atom. The summed E-state index contributed by atoms with van der Waals surface area (Å²) < 4.78 is 22.7. The van der Waals surface area contributed by atoms with Crippen LogP contribution in [0.1, 0.15) is 29.0 Å². The van der Waals surface area contributed by atoms with Gasteiger partial charge in [-0.1, -0.05) is 12.1 Å². The molecular formula is C22H24N4O3S2. The number of hydrogen-bond acceptors (Lipinski definition) is 5. The highest BCUT2D eigenvalue weighted by molar-refractivity contribution is 7.89. The van der Waals surface area contributed by atoms with Crippen molar-refractivity contribution < 1.29 is 13.2 Å². The van der Waals surface area contributed by atoms with Crippen LogP contribution in [0.15, 0.2) is 64.9 Å². The SMILES string of the molecule is CC(NC(=O)Nc1ccc(N2CCc3sccc3C2)cc1)c1ccc(S(N)(=O)=O)cc1. The number of urea groups is 1. The highest BCUT2D eigenvalue weighted by atomic mass is 32.2. The second-order valence-corrected chi connectivity index (χ2v) is 10.1. The molecule has 162 valence electrons. The Labute approximate surface area is 185 Å². The molecule has 3 aromatic rings. The summed E-state index contributed by atoms with van der Waals surface area (Å²) in [5.74, 6) is 0. The summed E-state index contributed by atoms with van der Waals surface area (Å²) in [5, 5.41) is 12.9. The molecule has 2 heterocycles. The second-order valence-electron chi connectivity index (χ2n) is 7.52. The van der Waals surface area contributed by atoms with Gasteiger partial charge < -0.3 is 15.5 Å². The van der Waals surface area contributed by atoms with Crippen molar-refractivity contribution >= 4 is 38.8 Å². The number of carbonyl (C=O) groups excluding carboxylic acids is 1. The number of primary sulfonamides is 1. The number of rotatable bonds is 5. The Morgan fingerprint density at radius 2 is 1.81 bits per heavy atom. The number of carbonyl (C=O) groups is 1. The zero-order chi connectivity index (χ0) is 22.0. The zero-order valence-corrected chi connectivity index (χ0v) is 18.7. The summed E-state index contributed by atoms with van der Waals surface area (Å²) >= 11 is 1.82. The van der Waals surface area contributed by atoms with Crippen LogP contribution in [0.25, 0.3) is 0 Å². The van der Waals surface area contributed by atoms with Crippen molar-refractivity contribution in [2.45, 2.75) is 30.8 Å². The van der Waals surface area contributed by atoms with Gasteiger partial charge in [0.15, 0.2) is 0 Å². The Morgan fingerprint density at radius 1 is 1.10 bits per heavy atom. The molecule has 1 unspecified atom stereocenters. The number of amides is 2. The van der Waals surface area contributed by atoms with Crippen molar-refractivity contribution in [3.05, 3.63) is 76.0 Å². The van der Waals surface area contributed by atoms with E-state index < -0.39 is 10.0 Å². The largest absolute Gasteiger partial charge is 0.367 e. The maximum Gasteiger partial charge on any atom is 0.319 e. The van der Waals surface area contributed by atoms with E-state index in [1.165, 1.54) is 22.6 Å². The van der Waals surface area contributed by atoms with E-state index in [1.807, 2.05) is 42.5 Å². The van der Waals surface area contributed by atoms with Crippen LogP contribution in [0.5, 0.6) is 0 Å². The predicted octanol–water partition coefficient (Wildman–Crippen LogP) is 3.84. The molecule has 0 fully saturated rings. The van der Waals surface area contributed by atoms with E-state index in [0.717, 1.165) is 30.8 Å². The third-order valence-electron chi connectivity index (χ3n) is 5.35. The van der Waals surface area contributed by atoms with Gasteiger partial charge in [-0.15, -0.1) is 11.3 Å². The topological polar surface area (TPSA) is 105 Å². The Kier molecular flexibility index (Phi) is 5.99. The minimum Gasteiger partial charge on any atom is -0.367 e. The lowest BCUT2D eigenvalue weighted by molar-refractivity contribution is 0.249. The molecule has 7 nitrogen and oxygen atoms in total. The zero-order valence-electron chi connectivity index (χ0n) is 17.0. The summed E-state index contributed by atoms with van der Waals surface area (Å²) in [5.41, 5.74) is 4.00. The van der Waals surface area contributed by atoms with Crippen molar-refractivity contribution in [1.82, 2.24) is 5.32 Å². The summed E-state index contributed by atoms with van der Waals surface area (Å²) in [6.07, 6.45) is 1.06. The number of nitrogens with one attached hydrogen (secondary N) is 2. The van der Waals surface area contributed by atoms with E-state index in [4.69, 9.17) is 5.14 Å². The Balaban J connectivity index is 1.33. The van der Waals surface area contributed by atoms with Crippen LogP contribution in [-0.2, 0) is 23.0 Å². The van der Waals surface area contributed by atoms with Crippen LogP contribution in [-0.4, -0.2) is 21.0 Å². The number of sulfonamides is 1.